The smallest absolute Gasteiger partial charge is 0.272 e. The summed E-state index contributed by atoms with van der Waals surface area (Å²) < 4.78 is 9.51. The molecule has 0 spiro atoms. The topological polar surface area (TPSA) is 116 Å². The number of hydrogen-bond acceptors (Lipinski definition) is 7. The molecular formula is C23H20N8O2. The molecule has 10 nitrogen and oxygen atoms in total. The van der Waals surface area contributed by atoms with E-state index in [0.29, 0.717) is 34.7 Å². The van der Waals surface area contributed by atoms with Crippen LogP contribution in [0.1, 0.15) is 22.1 Å². The number of nitrogen functional groups attached to an aromatic ring is 1. The molecule has 2 N–H and O–H groups in total. The van der Waals surface area contributed by atoms with Crippen LogP contribution in [0.5, 0.6) is 5.75 Å². The first-order valence-corrected chi connectivity index (χ1v) is 10.4. The van der Waals surface area contributed by atoms with Crippen LogP contribution >= 0.6 is 0 Å². The molecule has 1 atom stereocenters. The number of anilines is 1. The highest BCUT2D eigenvalue weighted by Gasteiger charge is 2.31. The maximum atomic E-state index is 13.3. The Kier molecular flexibility index (Phi) is 4.09. The number of benzene rings is 1. The van der Waals surface area contributed by atoms with Crippen LogP contribution in [0.3, 0.4) is 0 Å². The summed E-state index contributed by atoms with van der Waals surface area (Å²) in [6.07, 6.45) is 8.62. The summed E-state index contributed by atoms with van der Waals surface area (Å²) in [5.74, 6) is 0.926. The van der Waals surface area contributed by atoms with Crippen LogP contribution in [0.25, 0.3) is 27.7 Å². The van der Waals surface area contributed by atoms with Crippen LogP contribution in [0, 0.1) is 0 Å². The van der Waals surface area contributed by atoms with Crippen molar-refractivity contribution in [3.63, 3.8) is 0 Å². The molecule has 0 radical (unpaired) electrons. The Balaban J connectivity index is 1.32. The summed E-state index contributed by atoms with van der Waals surface area (Å²) in [6, 6.07) is 7.53. The fourth-order valence-corrected chi connectivity index (χ4v) is 4.28. The molecule has 1 aliphatic rings. The van der Waals surface area contributed by atoms with Crippen molar-refractivity contribution < 1.29 is 9.53 Å². The van der Waals surface area contributed by atoms with Crippen LogP contribution < -0.4 is 10.5 Å². The second-order valence-electron chi connectivity index (χ2n) is 8.10. The van der Waals surface area contributed by atoms with Crippen molar-refractivity contribution in [2.24, 2.45) is 7.05 Å². The molecule has 0 saturated carbocycles. The number of carbonyl (C=O) groups excluding carboxylic acids is 1. The number of imidazole rings is 1. The van der Waals surface area contributed by atoms with Crippen molar-refractivity contribution in [2.45, 2.75) is 6.04 Å². The normalized spacial score (nSPS) is 15.0. The Morgan fingerprint density at radius 1 is 1.18 bits per heavy atom. The average Bonchev–Trinajstić information content (AvgIpc) is 3.57. The van der Waals surface area contributed by atoms with Crippen molar-refractivity contribution in [3.05, 3.63) is 66.6 Å². The van der Waals surface area contributed by atoms with Gasteiger partial charge in [0.1, 0.15) is 34.9 Å². The number of rotatable bonds is 3. The van der Waals surface area contributed by atoms with Gasteiger partial charge >= 0.3 is 0 Å². The summed E-state index contributed by atoms with van der Waals surface area (Å²) in [5, 5.41) is 4.23. The van der Waals surface area contributed by atoms with E-state index in [1.54, 1.807) is 41.4 Å². The molecule has 5 aromatic rings. The number of ether oxygens (including phenoxy) is 1. The highest BCUT2D eigenvalue weighted by molar-refractivity contribution is 5.96. The third kappa shape index (κ3) is 2.99. The van der Waals surface area contributed by atoms with Crippen molar-refractivity contribution >= 4 is 28.3 Å². The summed E-state index contributed by atoms with van der Waals surface area (Å²) in [6.45, 7) is 0.380. The zero-order valence-electron chi connectivity index (χ0n) is 18.0. The van der Waals surface area contributed by atoms with Crippen molar-refractivity contribution in [1.82, 2.24) is 34.0 Å². The Bertz CT molecular complexity index is 1550. The summed E-state index contributed by atoms with van der Waals surface area (Å²) in [7, 11) is 3.65. The molecule has 5 heterocycles. The molecule has 0 aliphatic carbocycles. The lowest BCUT2D eigenvalue weighted by Gasteiger charge is -2.23. The number of nitrogens with two attached hydrogens (primary N) is 1. The molecule has 0 unspecified atom stereocenters. The average molecular weight is 440 g/mol. The van der Waals surface area contributed by atoms with Crippen LogP contribution in [0.15, 0.2) is 55.4 Å². The molecule has 4 aromatic heterocycles. The minimum absolute atomic E-state index is 0.209. The Morgan fingerprint density at radius 2 is 2.06 bits per heavy atom. The van der Waals surface area contributed by atoms with Gasteiger partial charge in [-0.1, -0.05) is 12.1 Å². The highest BCUT2D eigenvalue weighted by atomic mass is 16.5. The van der Waals surface area contributed by atoms with Crippen LogP contribution in [0.4, 0.5) is 5.82 Å². The van der Waals surface area contributed by atoms with Gasteiger partial charge in [-0.15, -0.1) is 0 Å². The minimum atomic E-state index is -0.217. The maximum absolute atomic E-state index is 13.3. The summed E-state index contributed by atoms with van der Waals surface area (Å²) in [4.78, 5) is 27.9. The Labute approximate surface area is 188 Å². The maximum Gasteiger partial charge on any atom is 0.272 e. The molecule has 1 aromatic carbocycles. The van der Waals surface area contributed by atoms with Crippen molar-refractivity contribution in [1.29, 1.82) is 0 Å². The van der Waals surface area contributed by atoms with Crippen molar-refractivity contribution in [2.75, 3.05) is 19.4 Å². The first-order valence-electron chi connectivity index (χ1n) is 10.4. The van der Waals surface area contributed by atoms with Crippen LogP contribution in [-0.4, -0.2) is 53.6 Å². The van der Waals surface area contributed by atoms with Gasteiger partial charge in [0.15, 0.2) is 0 Å². The van der Waals surface area contributed by atoms with Gasteiger partial charge in [-0.05, 0) is 17.7 Å². The first kappa shape index (κ1) is 19.2. The van der Waals surface area contributed by atoms with E-state index in [1.807, 2.05) is 42.0 Å². The monoisotopic (exact) mass is 440 g/mol. The molecule has 0 fully saturated rings. The lowest BCUT2D eigenvalue weighted by Crippen LogP contribution is -2.32. The predicted octanol–water partition coefficient (Wildman–Crippen LogP) is 2.47. The van der Waals surface area contributed by atoms with Gasteiger partial charge in [0.2, 0.25) is 0 Å². The van der Waals surface area contributed by atoms with Gasteiger partial charge in [-0.3, -0.25) is 13.9 Å². The molecule has 1 amide bonds. The largest absolute Gasteiger partial charge is 0.491 e. The Morgan fingerprint density at radius 3 is 2.88 bits per heavy atom. The number of fused-ring (bicyclic) bond motifs is 4. The SMILES string of the molecule is CN(C(=O)c1cc2c(cn1)nc(N)c1cncn12)[C@@H]1COc2cc(-c3cnn(C)c3)ccc21. The van der Waals surface area contributed by atoms with E-state index in [4.69, 9.17) is 10.5 Å². The number of aryl methyl sites for hydroxylation is 1. The summed E-state index contributed by atoms with van der Waals surface area (Å²) >= 11 is 0. The van der Waals surface area contributed by atoms with Gasteiger partial charge in [-0.2, -0.15) is 5.10 Å². The standard InChI is InChI=1S/C23H20N8O2/c1-29-10-14(7-27-29)13-3-4-15-20(11-33-21(15)5-13)30(2)23(32)16-6-18-17(8-26-16)28-22(24)19-9-25-12-31(18)19/h3-10,12,20H,11H2,1-2H3,(H2,24,28)/t20-/m1/s1. The molecule has 33 heavy (non-hydrogen) atoms. The number of carbonyl (C=O) groups is 1. The lowest BCUT2D eigenvalue weighted by atomic mass is 10.0. The highest BCUT2D eigenvalue weighted by Crippen LogP contribution is 2.38. The lowest BCUT2D eigenvalue weighted by molar-refractivity contribution is 0.0703. The second-order valence-corrected chi connectivity index (χ2v) is 8.10. The van der Waals surface area contributed by atoms with E-state index in [2.05, 4.69) is 20.1 Å². The van der Waals surface area contributed by atoms with Crippen molar-refractivity contribution in [3.8, 4) is 16.9 Å². The van der Waals surface area contributed by atoms with Gasteiger partial charge in [0.05, 0.1) is 36.5 Å². The molecular weight excluding hydrogens is 420 g/mol. The van der Waals surface area contributed by atoms with E-state index in [1.165, 1.54) is 0 Å². The fraction of sp³-hybridized carbons (Fsp3) is 0.174. The number of nitrogens with zero attached hydrogens (tertiary/aromatic N) is 7. The minimum Gasteiger partial charge on any atom is -0.491 e. The molecule has 6 rings (SSSR count). The van der Waals surface area contributed by atoms with Gasteiger partial charge in [0.25, 0.3) is 5.91 Å². The molecule has 0 saturated heterocycles. The number of hydrogen-bond donors (Lipinski definition) is 1. The van der Waals surface area contributed by atoms with E-state index >= 15 is 0 Å². The third-order valence-corrected chi connectivity index (χ3v) is 6.08. The van der Waals surface area contributed by atoms with E-state index in [0.717, 1.165) is 22.4 Å². The second kappa shape index (κ2) is 7.02. The molecule has 0 bridgehead atoms. The number of amides is 1. The zero-order valence-corrected chi connectivity index (χ0v) is 18.0. The predicted molar refractivity (Wildman–Crippen MR) is 122 cm³/mol. The third-order valence-electron chi connectivity index (χ3n) is 6.08. The Hall–Kier alpha value is -4.47. The number of aromatic nitrogens is 6. The first-order chi connectivity index (χ1) is 16.0. The molecule has 10 heteroatoms. The molecule has 164 valence electrons. The van der Waals surface area contributed by atoms with Crippen LogP contribution in [0.2, 0.25) is 0 Å². The van der Waals surface area contributed by atoms with Gasteiger partial charge in [-0.25, -0.2) is 15.0 Å². The van der Waals surface area contributed by atoms with E-state index in [9.17, 15) is 4.79 Å². The van der Waals surface area contributed by atoms with E-state index < -0.39 is 0 Å². The van der Waals surface area contributed by atoms with Crippen LogP contribution in [-0.2, 0) is 7.05 Å². The summed E-state index contributed by atoms with van der Waals surface area (Å²) in [5.41, 5.74) is 11.3. The zero-order chi connectivity index (χ0) is 22.7. The van der Waals surface area contributed by atoms with Gasteiger partial charge in [0, 0.05) is 31.4 Å². The quantitative estimate of drug-likeness (QED) is 0.458. The number of pyridine rings is 1. The van der Waals surface area contributed by atoms with E-state index in [-0.39, 0.29) is 11.9 Å². The van der Waals surface area contributed by atoms with Gasteiger partial charge < -0.3 is 15.4 Å². The number of likely N-dealkylation sites (N-methyl/N-ethyl adjacent to an activating group) is 1. The molecule has 1 aliphatic heterocycles. The fourth-order valence-electron chi connectivity index (χ4n) is 4.28.